The molecule has 0 saturated heterocycles. The summed E-state index contributed by atoms with van der Waals surface area (Å²) in [6.07, 6.45) is 0. The van der Waals surface area contributed by atoms with Crippen molar-refractivity contribution in [3.63, 3.8) is 0 Å². The molecule has 0 atom stereocenters. The molecule has 0 aliphatic rings. The third-order valence-corrected chi connectivity index (χ3v) is 9.77. The van der Waals surface area contributed by atoms with E-state index in [1.807, 2.05) is 0 Å². The van der Waals surface area contributed by atoms with Crippen LogP contribution < -0.4 is 4.90 Å². The summed E-state index contributed by atoms with van der Waals surface area (Å²) in [7, 11) is 0. The zero-order chi connectivity index (χ0) is 32.3. The maximum Gasteiger partial charge on any atom is 0.143 e. The van der Waals surface area contributed by atoms with E-state index < -0.39 is 0 Å². The van der Waals surface area contributed by atoms with Crippen LogP contribution in [0.4, 0.5) is 17.1 Å². The van der Waals surface area contributed by atoms with E-state index in [2.05, 4.69) is 191 Å². The Morgan fingerprint density at radius 3 is 1.90 bits per heavy atom. The Kier molecular flexibility index (Phi) is 6.18. The van der Waals surface area contributed by atoms with Crippen LogP contribution in [0, 0.1) is 0 Å². The van der Waals surface area contributed by atoms with Crippen LogP contribution in [-0.2, 0) is 0 Å². The summed E-state index contributed by atoms with van der Waals surface area (Å²) in [5.41, 5.74) is 10.8. The van der Waals surface area contributed by atoms with Gasteiger partial charge in [0.1, 0.15) is 11.2 Å². The van der Waals surface area contributed by atoms with Crippen molar-refractivity contribution in [3.05, 3.63) is 182 Å². The molecule has 10 rings (SSSR count). The fraction of sp³-hybridized carbons (Fsp3) is 0. The number of aromatic nitrogens is 1. The molecule has 49 heavy (non-hydrogen) atoms. The minimum absolute atomic E-state index is 0.866. The summed E-state index contributed by atoms with van der Waals surface area (Å²) in [6, 6.07) is 64.9. The molecule has 0 aliphatic carbocycles. The van der Waals surface area contributed by atoms with Gasteiger partial charge in [0.2, 0.25) is 0 Å². The van der Waals surface area contributed by atoms with Gasteiger partial charge >= 0.3 is 0 Å². The topological polar surface area (TPSA) is 21.3 Å². The van der Waals surface area contributed by atoms with Crippen molar-refractivity contribution in [1.29, 1.82) is 0 Å². The maximum atomic E-state index is 6.73. The largest absolute Gasteiger partial charge is 0.455 e. The number of benzene rings is 8. The SMILES string of the molecule is c1ccc(-c2ccccc2N(c2cccc3oc4c5ccccc5ccc4c23)c2cccc3c2c2ccccc2n3-c2ccccc2)cc1. The predicted octanol–water partition coefficient (Wildman–Crippen LogP) is 13.0. The van der Waals surface area contributed by atoms with Crippen molar-refractivity contribution in [2.24, 2.45) is 0 Å². The van der Waals surface area contributed by atoms with Crippen LogP contribution >= 0.6 is 0 Å². The highest BCUT2D eigenvalue weighted by molar-refractivity contribution is 6.22. The first kappa shape index (κ1) is 27.5. The van der Waals surface area contributed by atoms with E-state index in [0.29, 0.717) is 0 Å². The fourth-order valence-corrected chi connectivity index (χ4v) is 7.68. The molecule has 0 bridgehead atoms. The van der Waals surface area contributed by atoms with Gasteiger partial charge in [0.05, 0.1) is 33.5 Å². The average Bonchev–Trinajstić information content (AvgIpc) is 3.73. The average molecular weight is 627 g/mol. The van der Waals surface area contributed by atoms with Crippen LogP contribution in [0.25, 0.3) is 71.3 Å². The van der Waals surface area contributed by atoms with Crippen LogP contribution in [0.15, 0.2) is 186 Å². The normalized spacial score (nSPS) is 11.7. The van der Waals surface area contributed by atoms with Gasteiger partial charge < -0.3 is 13.9 Å². The van der Waals surface area contributed by atoms with Gasteiger partial charge in [0.15, 0.2) is 0 Å². The molecule has 3 nitrogen and oxygen atoms in total. The first-order chi connectivity index (χ1) is 24.3. The number of hydrogen-bond donors (Lipinski definition) is 0. The summed E-state index contributed by atoms with van der Waals surface area (Å²) >= 11 is 0. The molecule has 3 heteroatoms. The molecule has 0 amide bonds. The Hall–Kier alpha value is -6.58. The first-order valence-corrected chi connectivity index (χ1v) is 16.7. The molecule has 0 saturated carbocycles. The van der Waals surface area contributed by atoms with Gasteiger partial charge in [0.25, 0.3) is 0 Å². The van der Waals surface area contributed by atoms with E-state index in [4.69, 9.17) is 4.42 Å². The summed E-state index contributed by atoms with van der Waals surface area (Å²) in [6.45, 7) is 0. The van der Waals surface area contributed by atoms with Gasteiger partial charge in [-0.25, -0.2) is 0 Å². The fourth-order valence-electron chi connectivity index (χ4n) is 7.68. The highest BCUT2D eigenvalue weighted by atomic mass is 16.3. The summed E-state index contributed by atoms with van der Waals surface area (Å²) in [5.74, 6) is 0. The van der Waals surface area contributed by atoms with Gasteiger partial charge in [-0.3, -0.25) is 0 Å². The minimum Gasteiger partial charge on any atom is -0.455 e. The molecule has 0 spiro atoms. The molecule has 0 aliphatic heterocycles. The van der Waals surface area contributed by atoms with E-state index in [-0.39, 0.29) is 0 Å². The number of rotatable bonds is 5. The van der Waals surface area contributed by atoms with Crippen molar-refractivity contribution in [3.8, 4) is 16.8 Å². The number of hydrogen-bond acceptors (Lipinski definition) is 2. The van der Waals surface area contributed by atoms with Gasteiger partial charge in [0, 0.05) is 32.8 Å². The lowest BCUT2D eigenvalue weighted by Crippen LogP contribution is -2.12. The van der Waals surface area contributed by atoms with Crippen LogP contribution in [0.3, 0.4) is 0 Å². The van der Waals surface area contributed by atoms with Crippen LogP contribution in [0.1, 0.15) is 0 Å². The Bertz CT molecular complexity index is 2830. The Labute approximate surface area is 283 Å². The molecular weight excluding hydrogens is 597 g/mol. The smallest absolute Gasteiger partial charge is 0.143 e. The Morgan fingerprint density at radius 2 is 1.04 bits per heavy atom. The van der Waals surface area contributed by atoms with E-state index in [1.54, 1.807) is 0 Å². The first-order valence-electron chi connectivity index (χ1n) is 16.7. The molecule has 0 radical (unpaired) electrons. The molecule has 0 fully saturated rings. The van der Waals surface area contributed by atoms with Crippen LogP contribution in [0.2, 0.25) is 0 Å². The molecule has 8 aromatic carbocycles. The minimum atomic E-state index is 0.866. The maximum absolute atomic E-state index is 6.73. The highest BCUT2D eigenvalue weighted by Crippen LogP contribution is 2.49. The molecular formula is C46H30N2O. The highest BCUT2D eigenvalue weighted by Gasteiger charge is 2.25. The lowest BCUT2D eigenvalue weighted by molar-refractivity contribution is 0.672. The number of anilines is 3. The van der Waals surface area contributed by atoms with E-state index in [1.165, 1.54) is 21.7 Å². The van der Waals surface area contributed by atoms with Crippen molar-refractivity contribution in [2.45, 2.75) is 0 Å². The van der Waals surface area contributed by atoms with Gasteiger partial charge in [-0.1, -0.05) is 127 Å². The van der Waals surface area contributed by atoms with Crippen molar-refractivity contribution < 1.29 is 4.42 Å². The zero-order valence-corrected chi connectivity index (χ0v) is 26.6. The molecule has 2 aromatic heterocycles. The van der Waals surface area contributed by atoms with Crippen molar-refractivity contribution in [2.75, 3.05) is 4.90 Å². The van der Waals surface area contributed by atoms with Crippen molar-refractivity contribution in [1.82, 2.24) is 4.57 Å². The van der Waals surface area contributed by atoms with Gasteiger partial charge in [-0.15, -0.1) is 0 Å². The molecule has 2 heterocycles. The molecule has 0 unspecified atom stereocenters. The molecule has 0 N–H and O–H groups in total. The monoisotopic (exact) mass is 626 g/mol. The predicted molar refractivity (Wildman–Crippen MR) is 206 cm³/mol. The van der Waals surface area contributed by atoms with Crippen LogP contribution in [0.5, 0.6) is 0 Å². The van der Waals surface area contributed by atoms with E-state index >= 15 is 0 Å². The second-order valence-electron chi connectivity index (χ2n) is 12.5. The Morgan fingerprint density at radius 1 is 0.408 bits per heavy atom. The Balaban J connectivity index is 1.36. The summed E-state index contributed by atoms with van der Waals surface area (Å²) < 4.78 is 9.12. The van der Waals surface area contributed by atoms with E-state index in [9.17, 15) is 0 Å². The molecule has 230 valence electrons. The number of fused-ring (bicyclic) bond motifs is 8. The zero-order valence-electron chi connectivity index (χ0n) is 26.6. The quantitative estimate of drug-likeness (QED) is 0.190. The van der Waals surface area contributed by atoms with Gasteiger partial charge in [-0.2, -0.15) is 0 Å². The second-order valence-corrected chi connectivity index (χ2v) is 12.5. The lowest BCUT2D eigenvalue weighted by atomic mass is 9.99. The summed E-state index contributed by atoms with van der Waals surface area (Å²) in [4.78, 5) is 2.46. The third-order valence-electron chi connectivity index (χ3n) is 9.77. The number of nitrogens with zero attached hydrogens (tertiary/aromatic N) is 2. The second kappa shape index (κ2) is 11.0. The number of para-hydroxylation sites is 3. The summed E-state index contributed by atoms with van der Waals surface area (Å²) in [5, 5.41) is 6.88. The van der Waals surface area contributed by atoms with Crippen LogP contribution in [-0.4, -0.2) is 4.57 Å². The van der Waals surface area contributed by atoms with Gasteiger partial charge in [-0.05, 0) is 65.5 Å². The standard InChI is InChI=1S/C46H30N2O/c1-3-15-31(16-4-1)34-20-9-11-23-38(34)48(42-27-14-28-43-45(42)37-30-29-32-17-7-8-21-35(32)46(37)49-43)41-26-13-25-40-44(41)36-22-10-12-24-39(36)47(40)33-18-5-2-6-19-33/h1-30H. The number of furan rings is 1. The van der Waals surface area contributed by atoms with Crippen molar-refractivity contribution >= 4 is 71.6 Å². The van der Waals surface area contributed by atoms with E-state index in [0.717, 1.165) is 66.7 Å². The third kappa shape index (κ3) is 4.23. The lowest BCUT2D eigenvalue weighted by Gasteiger charge is -2.29. The molecule has 10 aromatic rings.